The maximum atomic E-state index is 12.9. The fraction of sp³-hybridized carbons (Fsp3) is 0.333. The van der Waals surface area contributed by atoms with Gasteiger partial charge in [-0.25, -0.2) is 14.4 Å². The average molecular weight is 342 g/mol. The molecule has 1 aliphatic heterocycles. The number of pyridine rings is 2. The van der Waals surface area contributed by atoms with E-state index in [4.69, 9.17) is 0 Å². The molecular weight excluding hydrogens is 323 g/mol. The number of anilines is 1. The lowest BCUT2D eigenvalue weighted by atomic mass is 9.97. The van der Waals surface area contributed by atoms with Crippen LogP contribution in [0, 0.1) is 18.7 Å². The lowest BCUT2D eigenvalue weighted by Crippen LogP contribution is -2.44. The zero-order valence-corrected chi connectivity index (χ0v) is 13.9. The molecule has 3 rings (SSSR count). The van der Waals surface area contributed by atoms with E-state index >= 15 is 0 Å². The topological polar surface area (TPSA) is 75.2 Å². The molecule has 1 saturated heterocycles. The monoisotopic (exact) mass is 342 g/mol. The van der Waals surface area contributed by atoms with E-state index in [2.05, 4.69) is 15.3 Å². The van der Waals surface area contributed by atoms with Crippen molar-refractivity contribution in [1.29, 1.82) is 0 Å². The fourth-order valence-corrected chi connectivity index (χ4v) is 2.81. The van der Waals surface area contributed by atoms with Crippen LogP contribution in [0.15, 0.2) is 36.7 Å². The number of likely N-dealkylation sites (tertiary alicyclic amines) is 1. The number of rotatable bonds is 3. The number of carbonyl (C=O) groups is 2. The van der Waals surface area contributed by atoms with Gasteiger partial charge in [0, 0.05) is 19.3 Å². The largest absolute Gasteiger partial charge is 0.337 e. The van der Waals surface area contributed by atoms with Gasteiger partial charge in [0.2, 0.25) is 5.91 Å². The van der Waals surface area contributed by atoms with E-state index in [1.807, 2.05) is 13.0 Å². The number of aromatic nitrogens is 2. The molecule has 0 spiro atoms. The lowest BCUT2D eigenvalue weighted by Gasteiger charge is -2.31. The van der Waals surface area contributed by atoms with Crippen LogP contribution in [0.1, 0.15) is 28.9 Å². The normalized spacial score (nSPS) is 17.2. The highest BCUT2D eigenvalue weighted by atomic mass is 19.1. The van der Waals surface area contributed by atoms with Gasteiger partial charge in [0.1, 0.15) is 17.3 Å². The number of nitrogens with zero attached hydrogens (tertiary/aromatic N) is 3. The summed E-state index contributed by atoms with van der Waals surface area (Å²) in [7, 11) is 0. The summed E-state index contributed by atoms with van der Waals surface area (Å²) in [5.41, 5.74) is 1.20. The van der Waals surface area contributed by atoms with Crippen LogP contribution in [0.3, 0.4) is 0 Å². The summed E-state index contributed by atoms with van der Waals surface area (Å²) in [5.74, 6) is -0.731. The second kappa shape index (κ2) is 7.38. The average Bonchev–Trinajstić information content (AvgIpc) is 2.64. The van der Waals surface area contributed by atoms with Gasteiger partial charge in [-0.2, -0.15) is 0 Å². The van der Waals surface area contributed by atoms with Crippen LogP contribution in [-0.2, 0) is 4.79 Å². The number of aryl methyl sites for hydroxylation is 1. The smallest absolute Gasteiger partial charge is 0.272 e. The van der Waals surface area contributed by atoms with E-state index in [0.717, 1.165) is 18.2 Å². The second-order valence-corrected chi connectivity index (χ2v) is 6.16. The van der Waals surface area contributed by atoms with Gasteiger partial charge in [-0.05, 0) is 43.5 Å². The van der Waals surface area contributed by atoms with Crippen LogP contribution in [0.2, 0.25) is 0 Å². The molecule has 7 heteroatoms. The molecule has 2 amide bonds. The molecule has 1 atom stereocenters. The molecule has 3 heterocycles. The van der Waals surface area contributed by atoms with Gasteiger partial charge in [0.05, 0.1) is 12.1 Å². The quantitative estimate of drug-likeness (QED) is 0.929. The van der Waals surface area contributed by atoms with Crippen molar-refractivity contribution in [2.24, 2.45) is 5.92 Å². The van der Waals surface area contributed by atoms with Gasteiger partial charge in [-0.15, -0.1) is 0 Å². The van der Waals surface area contributed by atoms with Crippen LogP contribution in [0.5, 0.6) is 0 Å². The van der Waals surface area contributed by atoms with Crippen molar-refractivity contribution in [2.45, 2.75) is 19.8 Å². The molecule has 0 aromatic carbocycles. The Morgan fingerprint density at radius 2 is 2.04 bits per heavy atom. The number of hydrogen-bond donors (Lipinski definition) is 1. The summed E-state index contributed by atoms with van der Waals surface area (Å²) >= 11 is 0. The Labute approximate surface area is 145 Å². The van der Waals surface area contributed by atoms with Gasteiger partial charge in [-0.3, -0.25) is 9.59 Å². The van der Waals surface area contributed by atoms with Crippen LogP contribution in [0.25, 0.3) is 0 Å². The number of hydrogen-bond acceptors (Lipinski definition) is 4. The first kappa shape index (κ1) is 17.0. The summed E-state index contributed by atoms with van der Waals surface area (Å²) < 4.78 is 12.9. The van der Waals surface area contributed by atoms with Crippen molar-refractivity contribution in [2.75, 3.05) is 18.4 Å². The Morgan fingerprint density at radius 3 is 2.72 bits per heavy atom. The highest BCUT2D eigenvalue weighted by Crippen LogP contribution is 2.20. The first-order valence-electron chi connectivity index (χ1n) is 8.17. The summed E-state index contributed by atoms with van der Waals surface area (Å²) in [6, 6.07) is 6.19. The van der Waals surface area contributed by atoms with Crippen molar-refractivity contribution in [3.05, 3.63) is 53.7 Å². The van der Waals surface area contributed by atoms with Gasteiger partial charge in [-0.1, -0.05) is 6.07 Å². The fourth-order valence-electron chi connectivity index (χ4n) is 2.81. The van der Waals surface area contributed by atoms with Crippen molar-refractivity contribution in [1.82, 2.24) is 14.9 Å². The van der Waals surface area contributed by atoms with E-state index in [1.165, 1.54) is 12.1 Å². The Balaban J connectivity index is 1.63. The third-order valence-electron chi connectivity index (χ3n) is 4.19. The molecule has 1 fully saturated rings. The predicted octanol–water partition coefficient (Wildman–Crippen LogP) is 2.42. The van der Waals surface area contributed by atoms with Crippen molar-refractivity contribution in [3.63, 3.8) is 0 Å². The van der Waals surface area contributed by atoms with Crippen molar-refractivity contribution >= 4 is 17.6 Å². The minimum atomic E-state index is -0.488. The van der Waals surface area contributed by atoms with E-state index in [-0.39, 0.29) is 23.4 Å². The first-order valence-corrected chi connectivity index (χ1v) is 8.17. The number of nitrogens with one attached hydrogen (secondary N) is 1. The van der Waals surface area contributed by atoms with E-state index in [1.54, 1.807) is 17.2 Å². The lowest BCUT2D eigenvalue weighted by molar-refractivity contribution is -0.121. The summed E-state index contributed by atoms with van der Waals surface area (Å²) in [5, 5.41) is 2.79. The highest BCUT2D eigenvalue weighted by Gasteiger charge is 2.29. The van der Waals surface area contributed by atoms with E-state index < -0.39 is 5.82 Å². The van der Waals surface area contributed by atoms with Crippen LogP contribution in [-0.4, -0.2) is 39.8 Å². The predicted molar refractivity (Wildman–Crippen MR) is 90.4 cm³/mol. The Kier molecular flexibility index (Phi) is 5.02. The zero-order valence-electron chi connectivity index (χ0n) is 13.9. The molecule has 0 radical (unpaired) electrons. The maximum absolute atomic E-state index is 12.9. The molecule has 130 valence electrons. The Hall–Kier alpha value is -2.83. The Morgan fingerprint density at radius 1 is 1.20 bits per heavy atom. The maximum Gasteiger partial charge on any atom is 0.272 e. The summed E-state index contributed by atoms with van der Waals surface area (Å²) in [4.78, 5) is 34.5. The Bertz CT molecular complexity index is 762. The first-order chi connectivity index (χ1) is 12.0. The molecular formula is C18H19FN4O2. The van der Waals surface area contributed by atoms with Crippen molar-refractivity contribution in [3.8, 4) is 0 Å². The van der Waals surface area contributed by atoms with Gasteiger partial charge in [0.25, 0.3) is 5.91 Å². The SMILES string of the molecule is Cc1ccc(NC(=O)[C@@H]2CCCN(C(=O)c3ccc(F)cn3)C2)nc1. The molecule has 2 aromatic heterocycles. The van der Waals surface area contributed by atoms with Crippen LogP contribution < -0.4 is 5.32 Å². The molecule has 0 bridgehead atoms. The van der Waals surface area contributed by atoms with Crippen LogP contribution >= 0.6 is 0 Å². The minimum Gasteiger partial charge on any atom is -0.337 e. The molecule has 6 nitrogen and oxygen atoms in total. The molecule has 2 aromatic rings. The molecule has 1 aliphatic rings. The molecule has 0 saturated carbocycles. The highest BCUT2D eigenvalue weighted by molar-refractivity contribution is 5.94. The molecule has 25 heavy (non-hydrogen) atoms. The van der Waals surface area contributed by atoms with Gasteiger partial charge >= 0.3 is 0 Å². The summed E-state index contributed by atoms with van der Waals surface area (Å²) in [6.07, 6.45) is 4.14. The number of halogens is 1. The minimum absolute atomic E-state index is 0.152. The second-order valence-electron chi connectivity index (χ2n) is 6.16. The van der Waals surface area contributed by atoms with E-state index in [0.29, 0.717) is 25.3 Å². The molecule has 0 unspecified atom stereocenters. The van der Waals surface area contributed by atoms with Crippen molar-refractivity contribution < 1.29 is 14.0 Å². The third kappa shape index (κ3) is 4.17. The number of carbonyl (C=O) groups excluding carboxylic acids is 2. The number of piperidine rings is 1. The molecule has 1 N–H and O–H groups in total. The number of amides is 2. The third-order valence-corrected chi connectivity index (χ3v) is 4.19. The standard InChI is InChI=1S/C18H19FN4O2/c1-12-4-7-16(21-9-12)22-17(24)13-3-2-8-23(11-13)18(25)15-6-5-14(19)10-20-15/h4-7,9-10,13H,2-3,8,11H2,1H3,(H,21,22,24)/t13-/m1/s1. The van der Waals surface area contributed by atoms with E-state index in [9.17, 15) is 14.0 Å². The molecule has 0 aliphatic carbocycles. The summed E-state index contributed by atoms with van der Waals surface area (Å²) in [6.45, 7) is 2.80. The van der Waals surface area contributed by atoms with Gasteiger partial charge in [0.15, 0.2) is 0 Å². The van der Waals surface area contributed by atoms with Gasteiger partial charge < -0.3 is 10.2 Å². The zero-order chi connectivity index (χ0) is 17.8. The van der Waals surface area contributed by atoms with Crippen LogP contribution in [0.4, 0.5) is 10.2 Å².